The maximum atomic E-state index is 11.0. The van der Waals surface area contributed by atoms with E-state index in [9.17, 15) is 4.79 Å². The van der Waals surface area contributed by atoms with Crippen LogP contribution in [0.25, 0.3) is 0 Å². The third-order valence-corrected chi connectivity index (χ3v) is 3.31. The summed E-state index contributed by atoms with van der Waals surface area (Å²) in [6, 6.07) is 5.93. The van der Waals surface area contributed by atoms with E-state index in [4.69, 9.17) is 9.47 Å². The molecular weight excluding hydrogens is 204 g/mol. The summed E-state index contributed by atoms with van der Waals surface area (Å²) in [5.74, 6) is 2.40. The van der Waals surface area contributed by atoms with Crippen molar-refractivity contribution in [2.75, 3.05) is 6.79 Å². The number of fused-ring (bicyclic) bond motifs is 1. The Morgan fingerprint density at radius 3 is 2.88 bits per heavy atom. The van der Waals surface area contributed by atoms with Crippen molar-refractivity contribution in [2.45, 2.75) is 19.3 Å². The normalized spacial score (nSPS) is 19.5. The highest BCUT2D eigenvalue weighted by Crippen LogP contribution is 2.39. The molecule has 1 aliphatic carbocycles. The summed E-state index contributed by atoms with van der Waals surface area (Å²) in [5, 5.41) is 0. The fourth-order valence-corrected chi connectivity index (χ4v) is 2.19. The molecule has 3 rings (SSSR count). The molecule has 1 heterocycles. The van der Waals surface area contributed by atoms with E-state index in [1.54, 1.807) is 0 Å². The first kappa shape index (κ1) is 9.70. The molecule has 1 aliphatic heterocycles. The van der Waals surface area contributed by atoms with Gasteiger partial charge in [0.05, 0.1) is 0 Å². The zero-order chi connectivity index (χ0) is 11.0. The number of carbonyl (C=O) groups excluding carboxylic acids is 1. The van der Waals surface area contributed by atoms with Crippen LogP contribution in [0.5, 0.6) is 11.5 Å². The molecule has 1 saturated carbocycles. The molecule has 0 aromatic heterocycles. The number of ether oxygens (including phenoxy) is 2. The average molecular weight is 218 g/mol. The van der Waals surface area contributed by atoms with E-state index in [2.05, 4.69) is 0 Å². The van der Waals surface area contributed by atoms with Gasteiger partial charge < -0.3 is 14.3 Å². The zero-order valence-electron chi connectivity index (χ0n) is 9.02. The van der Waals surface area contributed by atoms with Crippen LogP contribution in [0.1, 0.15) is 18.4 Å². The molecule has 0 radical (unpaired) electrons. The molecule has 1 unspecified atom stereocenters. The van der Waals surface area contributed by atoms with Crippen molar-refractivity contribution in [2.24, 2.45) is 11.8 Å². The zero-order valence-corrected chi connectivity index (χ0v) is 9.02. The summed E-state index contributed by atoms with van der Waals surface area (Å²) in [6.07, 6.45) is 4.33. The molecule has 0 bridgehead atoms. The van der Waals surface area contributed by atoms with Crippen LogP contribution >= 0.6 is 0 Å². The predicted molar refractivity (Wildman–Crippen MR) is 58.5 cm³/mol. The van der Waals surface area contributed by atoms with E-state index < -0.39 is 0 Å². The Kier molecular flexibility index (Phi) is 2.31. The lowest BCUT2D eigenvalue weighted by Gasteiger charge is -2.08. The van der Waals surface area contributed by atoms with E-state index in [1.807, 2.05) is 18.2 Å². The minimum Gasteiger partial charge on any atom is -0.454 e. The number of hydrogen-bond donors (Lipinski definition) is 0. The minimum atomic E-state index is 0.181. The van der Waals surface area contributed by atoms with Gasteiger partial charge in [-0.1, -0.05) is 6.07 Å². The predicted octanol–water partition coefficient (Wildman–Crippen LogP) is 2.18. The highest BCUT2D eigenvalue weighted by Gasteiger charge is 2.31. The highest BCUT2D eigenvalue weighted by atomic mass is 16.7. The molecule has 0 amide bonds. The Bertz CT molecular complexity index is 410. The molecule has 1 atom stereocenters. The number of benzene rings is 1. The third kappa shape index (κ3) is 1.77. The number of aldehydes is 1. The van der Waals surface area contributed by atoms with Gasteiger partial charge in [-0.05, 0) is 42.9 Å². The molecule has 1 fully saturated rings. The molecule has 2 aliphatic rings. The van der Waals surface area contributed by atoms with Gasteiger partial charge >= 0.3 is 0 Å². The molecule has 3 heteroatoms. The van der Waals surface area contributed by atoms with Crippen LogP contribution in [-0.2, 0) is 11.2 Å². The van der Waals surface area contributed by atoms with Gasteiger partial charge in [-0.25, -0.2) is 0 Å². The lowest BCUT2D eigenvalue weighted by molar-refractivity contribution is -0.111. The minimum absolute atomic E-state index is 0.181. The molecule has 0 spiro atoms. The third-order valence-electron chi connectivity index (χ3n) is 3.31. The number of rotatable bonds is 4. The molecule has 1 aromatic carbocycles. The molecule has 0 N–H and O–H groups in total. The molecule has 16 heavy (non-hydrogen) atoms. The van der Waals surface area contributed by atoms with Gasteiger partial charge in [-0.3, -0.25) is 0 Å². The van der Waals surface area contributed by atoms with Crippen molar-refractivity contribution in [3.05, 3.63) is 23.8 Å². The fraction of sp³-hybridized carbons (Fsp3) is 0.462. The van der Waals surface area contributed by atoms with Crippen LogP contribution in [0, 0.1) is 11.8 Å². The van der Waals surface area contributed by atoms with Gasteiger partial charge in [0, 0.05) is 5.92 Å². The van der Waals surface area contributed by atoms with Crippen molar-refractivity contribution in [3.8, 4) is 11.5 Å². The summed E-state index contributed by atoms with van der Waals surface area (Å²) in [6.45, 7) is 0.304. The molecule has 84 valence electrons. The number of hydrogen-bond acceptors (Lipinski definition) is 3. The van der Waals surface area contributed by atoms with Crippen molar-refractivity contribution >= 4 is 6.29 Å². The molecular formula is C13H14O3. The van der Waals surface area contributed by atoms with Crippen molar-refractivity contribution in [1.82, 2.24) is 0 Å². The smallest absolute Gasteiger partial charge is 0.231 e. The second-order valence-corrected chi connectivity index (χ2v) is 4.53. The largest absolute Gasteiger partial charge is 0.454 e. The van der Waals surface area contributed by atoms with E-state index >= 15 is 0 Å². The fourth-order valence-electron chi connectivity index (χ4n) is 2.19. The molecule has 3 nitrogen and oxygen atoms in total. The van der Waals surface area contributed by atoms with Gasteiger partial charge in [0.25, 0.3) is 0 Å². The van der Waals surface area contributed by atoms with Gasteiger partial charge in [0.1, 0.15) is 6.29 Å². The van der Waals surface area contributed by atoms with Crippen LogP contribution in [0.15, 0.2) is 18.2 Å². The molecule has 1 aromatic rings. The van der Waals surface area contributed by atoms with Crippen molar-refractivity contribution < 1.29 is 14.3 Å². The Morgan fingerprint density at radius 2 is 2.12 bits per heavy atom. The summed E-state index contributed by atoms with van der Waals surface area (Å²) in [5.41, 5.74) is 1.16. The first-order valence-electron chi connectivity index (χ1n) is 5.70. The van der Waals surface area contributed by atoms with Crippen molar-refractivity contribution in [1.29, 1.82) is 0 Å². The maximum absolute atomic E-state index is 11.0. The lowest BCUT2D eigenvalue weighted by Crippen LogP contribution is -2.08. The first-order chi connectivity index (χ1) is 7.86. The monoisotopic (exact) mass is 218 g/mol. The Hall–Kier alpha value is -1.51. The van der Waals surface area contributed by atoms with Gasteiger partial charge in [-0.15, -0.1) is 0 Å². The molecule has 0 saturated heterocycles. The van der Waals surface area contributed by atoms with Crippen LogP contribution in [0.2, 0.25) is 0 Å². The number of carbonyl (C=O) groups is 1. The second kappa shape index (κ2) is 3.81. The quantitative estimate of drug-likeness (QED) is 0.727. The standard InChI is InChI=1S/C13H14O3/c14-7-11(10-2-3-10)5-9-1-4-12-13(6-9)16-8-15-12/h1,4,6-7,10-11H,2-3,5,8H2. The van der Waals surface area contributed by atoms with Gasteiger partial charge in [0.2, 0.25) is 6.79 Å². The maximum Gasteiger partial charge on any atom is 0.231 e. The first-order valence-corrected chi connectivity index (χ1v) is 5.70. The van der Waals surface area contributed by atoms with Crippen LogP contribution in [-0.4, -0.2) is 13.1 Å². The average Bonchev–Trinajstić information content (AvgIpc) is 3.04. The summed E-state index contributed by atoms with van der Waals surface area (Å²) in [4.78, 5) is 11.0. The topological polar surface area (TPSA) is 35.5 Å². The SMILES string of the molecule is O=CC(Cc1ccc2c(c1)OCO2)C1CC1. The Balaban J connectivity index is 1.76. The summed E-state index contributed by atoms with van der Waals surface area (Å²) in [7, 11) is 0. The van der Waals surface area contributed by atoms with Crippen LogP contribution in [0.3, 0.4) is 0 Å². The lowest BCUT2D eigenvalue weighted by atomic mass is 9.96. The van der Waals surface area contributed by atoms with Crippen molar-refractivity contribution in [3.63, 3.8) is 0 Å². The second-order valence-electron chi connectivity index (χ2n) is 4.53. The van der Waals surface area contributed by atoms with E-state index in [0.29, 0.717) is 12.7 Å². The van der Waals surface area contributed by atoms with Gasteiger partial charge in [0.15, 0.2) is 11.5 Å². The van der Waals surface area contributed by atoms with Crippen LogP contribution in [0.4, 0.5) is 0 Å². The summed E-state index contributed by atoms with van der Waals surface area (Å²) < 4.78 is 10.6. The Labute approximate surface area is 94.4 Å². The Morgan fingerprint density at radius 1 is 1.31 bits per heavy atom. The van der Waals surface area contributed by atoms with E-state index in [1.165, 1.54) is 12.8 Å². The van der Waals surface area contributed by atoms with E-state index in [-0.39, 0.29) is 5.92 Å². The van der Waals surface area contributed by atoms with E-state index in [0.717, 1.165) is 29.8 Å². The van der Waals surface area contributed by atoms with Gasteiger partial charge in [-0.2, -0.15) is 0 Å². The summed E-state index contributed by atoms with van der Waals surface area (Å²) >= 11 is 0. The highest BCUT2D eigenvalue weighted by molar-refractivity contribution is 5.56. The van der Waals surface area contributed by atoms with Crippen LogP contribution < -0.4 is 9.47 Å².